The summed E-state index contributed by atoms with van der Waals surface area (Å²) >= 11 is 7.52. The van der Waals surface area contributed by atoms with Crippen LogP contribution in [0.25, 0.3) is 20.3 Å². The van der Waals surface area contributed by atoms with E-state index >= 15 is 0 Å². The third-order valence-electron chi connectivity index (χ3n) is 2.21. The normalized spacial score (nSPS) is 11.2. The zero-order valence-corrected chi connectivity index (χ0v) is 8.77. The molecule has 0 atom stereocenters. The van der Waals surface area contributed by atoms with Gasteiger partial charge in [0.25, 0.3) is 0 Å². The molecule has 0 radical (unpaired) electrons. The topological polar surface area (TPSA) is 12.9 Å². The molecular weight excluding hydrogens is 214 g/mol. The summed E-state index contributed by atoms with van der Waals surface area (Å²) in [5, 5.41) is 3.01. The molecule has 68 valence electrons. The molecule has 0 spiro atoms. The molecule has 0 bridgehead atoms. The van der Waals surface area contributed by atoms with Crippen LogP contribution in [0.5, 0.6) is 0 Å². The first-order valence-corrected chi connectivity index (χ1v) is 5.48. The molecule has 0 saturated carbocycles. The number of hydrogen-bond acceptors (Lipinski definition) is 2. The largest absolute Gasteiger partial charge is 0.225 e. The highest BCUT2D eigenvalue weighted by atomic mass is 35.5. The molecule has 14 heavy (non-hydrogen) atoms. The molecule has 3 heteroatoms. The molecular formula is C11H6ClNS. The van der Waals surface area contributed by atoms with Crippen molar-refractivity contribution in [3.63, 3.8) is 0 Å². The molecule has 0 amide bonds. The van der Waals surface area contributed by atoms with Crippen LogP contribution in [0.4, 0.5) is 0 Å². The summed E-state index contributed by atoms with van der Waals surface area (Å²) < 4.78 is 1.26. The maximum atomic E-state index is 5.84. The minimum absolute atomic E-state index is 0.559. The Morgan fingerprint density at radius 2 is 1.86 bits per heavy atom. The zero-order chi connectivity index (χ0) is 9.54. The molecule has 1 nitrogen and oxygen atoms in total. The van der Waals surface area contributed by atoms with Gasteiger partial charge in [0.15, 0.2) is 0 Å². The van der Waals surface area contributed by atoms with Crippen molar-refractivity contribution in [2.75, 3.05) is 0 Å². The van der Waals surface area contributed by atoms with Crippen LogP contribution >= 0.6 is 22.9 Å². The van der Waals surface area contributed by atoms with Crippen LogP contribution in [0.1, 0.15) is 0 Å². The van der Waals surface area contributed by atoms with E-state index in [4.69, 9.17) is 11.6 Å². The van der Waals surface area contributed by atoms with Gasteiger partial charge in [-0.05, 0) is 18.2 Å². The van der Waals surface area contributed by atoms with E-state index in [9.17, 15) is 0 Å². The Bertz CT molecular complexity index is 615. The summed E-state index contributed by atoms with van der Waals surface area (Å²) in [5.74, 6) is 0. The van der Waals surface area contributed by atoms with E-state index in [1.165, 1.54) is 15.5 Å². The number of halogens is 1. The van der Waals surface area contributed by atoms with Gasteiger partial charge in [-0.15, -0.1) is 11.3 Å². The number of nitrogens with zero attached hydrogens (tertiary/aromatic N) is 1. The molecule has 0 aliphatic heterocycles. The zero-order valence-electron chi connectivity index (χ0n) is 7.20. The van der Waals surface area contributed by atoms with Crippen LogP contribution in [-0.4, -0.2) is 4.98 Å². The van der Waals surface area contributed by atoms with Gasteiger partial charge in [-0.25, -0.2) is 4.98 Å². The van der Waals surface area contributed by atoms with Crippen molar-refractivity contribution in [1.82, 2.24) is 4.98 Å². The van der Waals surface area contributed by atoms with Gasteiger partial charge in [-0.2, -0.15) is 0 Å². The van der Waals surface area contributed by atoms with Gasteiger partial charge in [0.2, 0.25) is 0 Å². The summed E-state index contributed by atoms with van der Waals surface area (Å²) in [7, 11) is 0. The van der Waals surface area contributed by atoms with Gasteiger partial charge in [-0.3, -0.25) is 0 Å². The number of aromatic nitrogens is 1. The van der Waals surface area contributed by atoms with Crippen molar-refractivity contribution in [1.29, 1.82) is 0 Å². The van der Waals surface area contributed by atoms with Crippen LogP contribution < -0.4 is 0 Å². The van der Waals surface area contributed by atoms with Gasteiger partial charge in [0.05, 0.1) is 0 Å². The standard InChI is InChI=1S/C11H6ClNS/c12-10-6-5-8-7-3-1-2-4-9(7)14-11(8)13-10/h1-6H. The third-order valence-corrected chi connectivity index (χ3v) is 3.50. The number of fused-ring (bicyclic) bond motifs is 3. The highest BCUT2D eigenvalue weighted by Crippen LogP contribution is 2.32. The van der Waals surface area contributed by atoms with Crippen molar-refractivity contribution in [2.45, 2.75) is 0 Å². The molecule has 0 saturated heterocycles. The van der Waals surface area contributed by atoms with E-state index in [-0.39, 0.29) is 0 Å². The Balaban J connectivity index is 2.57. The molecule has 0 N–H and O–H groups in total. The molecule has 0 aliphatic rings. The number of benzene rings is 1. The molecule has 0 aliphatic carbocycles. The van der Waals surface area contributed by atoms with E-state index in [1.54, 1.807) is 11.3 Å². The smallest absolute Gasteiger partial charge is 0.130 e. The lowest BCUT2D eigenvalue weighted by Gasteiger charge is -1.90. The van der Waals surface area contributed by atoms with Crippen molar-refractivity contribution < 1.29 is 0 Å². The maximum Gasteiger partial charge on any atom is 0.130 e. The summed E-state index contributed by atoms with van der Waals surface area (Å²) in [6.45, 7) is 0. The first-order valence-electron chi connectivity index (χ1n) is 4.28. The summed E-state index contributed by atoms with van der Waals surface area (Å²) in [4.78, 5) is 5.31. The van der Waals surface area contributed by atoms with Crippen LogP contribution in [0.3, 0.4) is 0 Å². The maximum absolute atomic E-state index is 5.84. The number of thiophene rings is 1. The number of hydrogen-bond donors (Lipinski definition) is 0. The Morgan fingerprint density at radius 1 is 1.00 bits per heavy atom. The van der Waals surface area contributed by atoms with Crippen LogP contribution in [0.15, 0.2) is 36.4 Å². The monoisotopic (exact) mass is 219 g/mol. The molecule has 2 heterocycles. The quantitative estimate of drug-likeness (QED) is 0.519. The second-order valence-corrected chi connectivity index (χ2v) is 4.50. The fraction of sp³-hybridized carbons (Fsp3) is 0. The van der Waals surface area contributed by atoms with Gasteiger partial charge >= 0.3 is 0 Å². The second-order valence-electron chi connectivity index (χ2n) is 3.08. The Morgan fingerprint density at radius 3 is 2.79 bits per heavy atom. The minimum Gasteiger partial charge on any atom is -0.225 e. The van der Waals surface area contributed by atoms with Gasteiger partial charge in [0, 0.05) is 15.5 Å². The van der Waals surface area contributed by atoms with Crippen molar-refractivity contribution in [3.05, 3.63) is 41.6 Å². The van der Waals surface area contributed by atoms with E-state index in [0.717, 1.165) is 4.83 Å². The lowest BCUT2D eigenvalue weighted by molar-refractivity contribution is 1.45. The lowest BCUT2D eigenvalue weighted by Crippen LogP contribution is -1.72. The molecule has 3 aromatic rings. The highest BCUT2D eigenvalue weighted by molar-refractivity contribution is 7.25. The summed E-state index contributed by atoms with van der Waals surface area (Å²) in [6, 6.07) is 12.2. The minimum atomic E-state index is 0.559. The van der Waals surface area contributed by atoms with Gasteiger partial charge in [0.1, 0.15) is 9.98 Å². The van der Waals surface area contributed by atoms with E-state index in [1.807, 2.05) is 24.3 Å². The van der Waals surface area contributed by atoms with Crippen LogP contribution in [0, 0.1) is 0 Å². The molecule has 0 unspecified atom stereocenters. The Labute approximate surface area is 90.0 Å². The average Bonchev–Trinajstić information content (AvgIpc) is 2.54. The molecule has 0 fully saturated rings. The molecule has 2 aromatic heterocycles. The predicted octanol–water partition coefficient (Wildman–Crippen LogP) is 4.10. The van der Waals surface area contributed by atoms with Crippen LogP contribution in [0.2, 0.25) is 5.15 Å². The highest BCUT2D eigenvalue weighted by Gasteiger charge is 2.04. The fourth-order valence-electron chi connectivity index (χ4n) is 1.58. The Hall–Kier alpha value is -1.12. The third kappa shape index (κ3) is 1.11. The Kier molecular flexibility index (Phi) is 1.72. The first kappa shape index (κ1) is 8.21. The molecule has 1 aromatic carbocycles. The molecule has 3 rings (SSSR count). The van der Waals surface area contributed by atoms with Crippen molar-refractivity contribution in [2.24, 2.45) is 0 Å². The second kappa shape index (κ2) is 2.94. The van der Waals surface area contributed by atoms with Gasteiger partial charge in [-0.1, -0.05) is 29.8 Å². The van der Waals surface area contributed by atoms with E-state index in [0.29, 0.717) is 5.15 Å². The number of pyridine rings is 1. The van der Waals surface area contributed by atoms with Crippen molar-refractivity contribution in [3.8, 4) is 0 Å². The van der Waals surface area contributed by atoms with Crippen LogP contribution in [-0.2, 0) is 0 Å². The first-order chi connectivity index (χ1) is 6.84. The SMILES string of the molecule is Clc1ccc2c(n1)sc1ccccc12. The summed E-state index contributed by atoms with van der Waals surface area (Å²) in [5.41, 5.74) is 0. The average molecular weight is 220 g/mol. The van der Waals surface area contributed by atoms with E-state index in [2.05, 4.69) is 17.1 Å². The van der Waals surface area contributed by atoms with Crippen molar-refractivity contribution >= 4 is 43.2 Å². The number of rotatable bonds is 0. The fourth-order valence-corrected chi connectivity index (χ4v) is 2.86. The van der Waals surface area contributed by atoms with E-state index < -0.39 is 0 Å². The lowest BCUT2D eigenvalue weighted by atomic mass is 10.2. The van der Waals surface area contributed by atoms with Gasteiger partial charge < -0.3 is 0 Å². The summed E-state index contributed by atoms with van der Waals surface area (Å²) in [6.07, 6.45) is 0. The predicted molar refractivity (Wildman–Crippen MR) is 62.1 cm³/mol.